The molecule has 0 spiro atoms. The quantitative estimate of drug-likeness (QED) is 0.829. The first-order valence-electron chi connectivity index (χ1n) is 5.43. The van der Waals surface area contributed by atoms with Crippen LogP contribution in [0.3, 0.4) is 0 Å². The predicted molar refractivity (Wildman–Crippen MR) is 72.8 cm³/mol. The van der Waals surface area contributed by atoms with Crippen LogP contribution in [0.5, 0.6) is 0 Å². The lowest BCUT2D eigenvalue weighted by molar-refractivity contribution is 0.898. The van der Waals surface area contributed by atoms with Crippen LogP contribution in [0.2, 0.25) is 5.15 Å². The van der Waals surface area contributed by atoms with Crippen molar-refractivity contribution in [1.29, 1.82) is 0 Å². The minimum absolute atomic E-state index is 0.360. The van der Waals surface area contributed by atoms with Crippen LogP contribution in [0.25, 0.3) is 0 Å². The Morgan fingerprint density at radius 1 is 1.24 bits per heavy atom. The van der Waals surface area contributed by atoms with E-state index in [4.69, 9.17) is 11.6 Å². The molecule has 3 rings (SSSR count). The molecule has 0 fully saturated rings. The Balaban J connectivity index is 1.81. The molecule has 1 atom stereocenters. The van der Waals surface area contributed by atoms with Crippen LogP contribution in [0.1, 0.15) is 11.6 Å². The van der Waals surface area contributed by atoms with E-state index in [-0.39, 0.29) is 0 Å². The van der Waals surface area contributed by atoms with Crippen molar-refractivity contribution in [3.8, 4) is 0 Å². The molecule has 4 heteroatoms. The number of anilines is 1. The Bertz CT molecular complexity index is 527. The molecule has 2 aromatic rings. The number of rotatable bonds is 2. The van der Waals surface area contributed by atoms with Gasteiger partial charge in [-0.3, -0.25) is 0 Å². The summed E-state index contributed by atoms with van der Waals surface area (Å²) in [5.41, 5.74) is 2.38. The molecule has 0 amide bonds. The van der Waals surface area contributed by atoms with Gasteiger partial charge in [-0.2, -0.15) is 0 Å². The van der Waals surface area contributed by atoms with Crippen molar-refractivity contribution in [2.75, 3.05) is 11.1 Å². The molecule has 0 saturated heterocycles. The van der Waals surface area contributed by atoms with Gasteiger partial charge in [-0.25, -0.2) is 4.98 Å². The summed E-state index contributed by atoms with van der Waals surface area (Å²) in [4.78, 5) is 5.44. The number of halogens is 1. The predicted octanol–water partition coefficient (Wildman–Crippen LogP) is 3.99. The van der Waals surface area contributed by atoms with Gasteiger partial charge in [-0.05, 0) is 23.8 Å². The van der Waals surface area contributed by atoms with Crippen molar-refractivity contribution >= 4 is 29.1 Å². The van der Waals surface area contributed by atoms with E-state index in [9.17, 15) is 0 Å². The smallest absolute Gasteiger partial charge is 0.129 e. The van der Waals surface area contributed by atoms with Crippen molar-refractivity contribution in [3.63, 3.8) is 0 Å². The van der Waals surface area contributed by atoms with E-state index in [0.29, 0.717) is 11.2 Å². The zero-order chi connectivity index (χ0) is 11.7. The van der Waals surface area contributed by atoms with E-state index in [1.54, 1.807) is 12.3 Å². The number of nitrogens with one attached hydrogen (secondary N) is 1. The first-order chi connectivity index (χ1) is 8.33. The van der Waals surface area contributed by atoms with Gasteiger partial charge in [0.1, 0.15) is 5.15 Å². The average molecular weight is 263 g/mol. The minimum atomic E-state index is 0.360. The minimum Gasteiger partial charge on any atom is -0.376 e. The highest BCUT2D eigenvalue weighted by Crippen LogP contribution is 2.39. The van der Waals surface area contributed by atoms with E-state index >= 15 is 0 Å². The summed E-state index contributed by atoms with van der Waals surface area (Å²) >= 11 is 7.66. The van der Waals surface area contributed by atoms with Gasteiger partial charge in [0.25, 0.3) is 0 Å². The third-order valence-corrected chi connectivity index (χ3v) is 4.17. The zero-order valence-electron chi connectivity index (χ0n) is 9.06. The number of thioether (sulfide) groups is 1. The SMILES string of the molecule is Clc1ccc(NC2CSc3ccccc32)cn1. The highest BCUT2D eigenvalue weighted by molar-refractivity contribution is 7.99. The second-order valence-electron chi connectivity index (χ2n) is 3.92. The fourth-order valence-electron chi connectivity index (χ4n) is 1.94. The summed E-state index contributed by atoms with van der Waals surface area (Å²) < 4.78 is 0. The molecule has 1 unspecified atom stereocenters. The summed E-state index contributed by atoms with van der Waals surface area (Å²) in [5.74, 6) is 1.06. The molecule has 86 valence electrons. The van der Waals surface area contributed by atoms with E-state index in [2.05, 4.69) is 34.6 Å². The first-order valence-corrected chi connectivity index (χ1v) is 6.79. The molecular weight excluding hydrogens is 252 g/mol. The fourth-order valence-corrected chi connectivity index (χ4v) is 3.22. The number of nitrogens with zero attached hydrogens (tertiary/aromatic N) is 1. The van der Waals surface area contributed by atoms with Crippen molar-refractivity contribution in [1.82, 2.24) is 4.98 Å². The molecule has 1 aliphatic heterocycles. The maximum Gasteiger partial charge on any atom is 0.129 e. The van der Waals surface area contributed by atoms with Crippen molar-refractivity contribution in [2.45, 2.75) is 10.9 Å². The number of aromatic nitrogens is 1. The third kappa shape index (κ3) is 2.26. The summed E-state index contributed by atoms with van der Waals surface area (Å²) in [7, 11) is 0. The molecule has 0 radical (unpaired) electrons. The van der Waals surface area contributed by atoms with Crippen LogP contribution in [0.4, 0.5) is 5.69 Å². The van der Waals surface area contributed by atoms with Gasteiger partial charge < -0.3 is 5.32 Å². The lowest BCUT2D eigenvalue weighted by atomic mass is 10.1. The van der Waals surface area contributed by atoms with Crippen LogP contribution >= 0.6 is 23.4 Å². The van der Waals surface area contributed by atoms with E-state index < -0.39 is 0 Å². The molecule has 1 aromatic carbocycles. The van der Waals surface area contributed by atoms with Crippen LogP contribution in [0, 0.1) is 0 Å². The summed E-state index contributed by atoms with van der Waals surface area (Å²) in [5, 5.41) is 4.01. The Labute approximate surface area is 109 Å². The monoisotopic (exact) mass is 262 g/mol. The Hall–Kier alpha value is -1.19. The first kappa shape index (κ1) is 10.9. The van der Waals surface area contributed by atoms with Gasteiger partial charge in [0.05, 0.1) is 17.9 Å². The molecule has 2 nitrogen and oxygen atoms in total. The highest BCUT2D eigenvalue weighted by Gasteiger charge is 2.22. The molecule has 0 bridgehead atoms. The standard InChI is InChI=1S/C13H11ClN2S/c14-13-6-5-9(7-15-13)16-11-8-17-12-4-2-1-3-10(11)12/h1-7,11,16H,8H2. The van der Waals surface area contributed by atoms with Gasteiger partial charge in [0.2, 0.25) is 0 Å². The summed E-state index contributed by atoms with van der Waals surface area (Å²) in [6, 6.07) is 12.6. The molecule has 1 N–H and O–H groups in total. The fraction of sp³-hybridized carbons (Fsp3) is 0.154. The van der Waals surface area contributed by atoms with Gasteiger partial charge in [-0.1, -0.05) is 29.8 Å². The van der Waals surface area contributed by atoms with Gasteiger partial charge in [-0.15, -0.1) is 11.8 Å². The molecule has 0 aliphatic carbocycles. The van der Waals surface area contributed by atoms with Crippen molar-refractivity contribution in [3.05, 3.63) is 53.3 Å². The largest absolute Gasteiger partial charge is 0.376 e. The number of fused-ring (bicyclic) bond motifs is 1. The lowest BCUT2D eigenvalue weighted by Gasteiger charge is -2.14. The molecule has 0 saturated carbocycles. The Morgan fingerprint density at radius 2 is 2.12 bits per heavy atom. The van der Waals surface area contributed by atoms with Crippen LogP contribution in [-0.2, 0) is 0 Å². The molecule has 17 heavy (non-hydrogen) atoms. The number of benzene rings is 1. The third-order valence-electron chi connectivity index (χ3n) is 2.77. The number of hydrogen-bond acceptors (Lipinski definition) is 3. The summed E-state index contributed by atoms with van der Waals surface area (Å²) in [6.45, 7) is 0. The Morgan fingerprint density at radius 3 is 2.94 bits per heavy atom. The van der Waals surface area contributed by atoms with Crippen molar-refractivity contribution < 1.29 is 0 Å². The normalized spacial score (nSPS) is 17.8. The van der Waals surface area contributed by atoms with E-state index in [1.807, 2.05) is 17.8 Å². The molecule has 1 aromatic heterocycles. The maximum atomic E-state index is 5.77. The lowest BCUT2D eigenvalue weighted by Crippen LogP contribution is -2.09. The summed E-state index contributed by atoms with van der Waals surface area (Å²) in [6.07, 6.45) is 1.77. The van der Waals surface area contributed by atoms with E-state index in [1.165, 1.54) is 10.5 Å². The zero-order valence-corrected chi connectivity index (χ0v) is 10.6. The Kier molecular flexibility index (Phi) is 2.95. The number of hydrogen-bond donors (Lipinski definition) is 1. The van der Waals surface area contributed by atoms with Gasteiger partial charge in [0.15, 0.2) is 0 Å². The molecule has 1 aliphatic rings. The topological polar surface area (TPSA) is 24.9 Å². The molecule has 2 heterocycles. The van der Waals surface area contributed by atoms with Crippen LogP contribution in [0.15, 0.2) is 47.5 Å². The second-order valence-corrected chi connectivity index (χ2v) is 5.36. The molecular formula is C13H11ClN2S. The second kappa shape index (κ2) is 4.59. The van der Waals surface area contributed by atoms with Crippen molar-refractivity contribution in [2.24, 2.45) is 0 Å². The maximum absolute atomic E-state index is 5.77. The van der Waals surface area contributed by atoms with Crippen LogP contribution < -0.4 is 5.32 Å². The highest BCUT2D eigenvalue weighted by atomic mass is 35.5. The van der Waals surface area contributed by atoms with E-state index in [0.717, 1.165) is 11.4 Å². The van der Waals surface area contributed by atoms with Crippen LogP contribution in [-0.4, -0.2) is 10.7 Å². The average Bonchev–Trinajstić information content (AvgIpc) is 2.76. The van der Waals surface area contributed by atoms with Gasteiger partial charge in [0, 0.05) is 10.6 Å². The number of pyridine rings is 1. The van der Waals surface area contributed by atoms with Gasteiger partial charge >= 0.3 is 0 Å².